The van der Waals surface area contributed by atoms with Crippen LogP contribution in [0, 0.1) is 23.2 Å². The number of unbranched alkanes of at least 4 members (excludes halogenated alkanes) is 15. The predicted octanol–water partition coefficient (Wildman–Crippen LogP) is 11.4. The van der Waals surface area contributed by atoms with Crippen LogP contribution in [-0.4, -0.2) is 25.2 Å². The highest BCUT2D eigenvalue weighted by molar-refractivity contribution is 5.69. The molecule has 4 bridgehead atoms. The van der Waals surface area contributed by atoms with Crippen LogP contribution in [0.2, 0.25) is 0 Å². The molecule has 0 heterocycles. The van der Waals surface area contributed by atoms with Crippen LogP contribution in [0.5, 0.6) is 0 Å². The first kappa shape index (κ1) is 36.2. The summed E-state index contributed by atoms with van der Waals surface area (Å²) < 4.78 is 11.2. The zero-order valence-corrected chi connectivity index (χ0v) is 28.3. The first-order chi connectivity index (χ1) is 21.0. The van der Waals surface area contributed by atoms with E-state index in [9.17, 15) is 9.59 Å². The lowest BCUT2D eigenvalue weighted by Gasteiger charge is -2.56. The molecule has 0 unspecified atom stereocenters. The molecule has 0 saturated heterocycles. The van der Waals surface area contributed by atoms with E-state index in [-0.39, 0.29) is 11.9 Å². The minimum Gasteiger partial charge on any atom is -0.466 e. The van der Waals surface area contributed by atoms with Crippen LogP contribution in [0.3, 0.4) is 0 Å². The van der Waals surface area contributed by atoms with Crippen molar-refractivity contribution >= 4 is 11.9 Å². The predicted molar refractivity (Wildman–Crippen MR) is 179 cm³/mol. The Morgan fingerprint density at radius 1 is 0.558 bits per heavy atom. The second-order valence-corrected chi connectivity index (χ2v) is 15.1. The molecule has 4 saturated carbocycles. The first-order valence-corrected chi connectivity index (χ1v) is 19.0. The topological polar surface area (TPSA) is 52.6 Å². The third-order valence-corrected chi connectivity index (χ3v) is 10.8. The van der Waals surface area contributed by atoms with Crippen molar-refractivity contribution in [2.75, 3.05) is 13.2 Å². The maximum atomic E-state index is 12.4. The summed E-state index contributed by atoms with van der Waals surface area (Å²) in [5.41, 5.74) is 1.74. The fourth-order valence-electron chi connectivity index (χ4n) is 8.74. The van der Waals surface area contributed by atoms with Gasteiger partial charge in [0.2, 0.25) is 0 Å². The van der Waals surface area contributed by atoms with Crippen LogP contribution in [0.25, 0.3) is 0 Å². The summed E-state index contributed by atoms with van der Waals surface area (Å²) in [4.78, 5) is 24.2. The Balaban J connectivity index is 1.02. The van der Waals surface area contributed by atoms with Gasteiger partial charge in [0.15, 0.2) is 0 Å². The minimum atomic E-state index is -0.00992. The molecule has 4 aliphatic rings. The molecule has 0 aromatic carbocycles. The lowest BCUT2D eigenvalue weighted by atomic mass is 9.50. The number of ether oxygens (including phenoxy) is 2. The van der Waals surface area contributed by atoms with Gasteiger partial charge in [-0.25, -0.2) is 0 Å². The highest BCUT2D eigenvalue weighted by atomic mass is 16.5. The Morgan fingerprint density at radius 3 is 1.44 bits per heavy atom. The molecular formula is C39H68O4. The molecule has 0 aromatic rings. The second-order valence-electron chi connectivity index (χ2n) is 15.1. The molecule has 4 aliphatic carbocycles. The highest BCUT2D eigenvalue weighted by Crippen LogP contribution is 2.60. The molecule has 0 atom stereocenters. The Morgan fingerprint density at radius 2 is 0.953 bits per heavy atom. The normalized spacial score (nSPS) is 23.9. The molecule has 0 N–H and O–H groups in total. The average molecular weight is 601 g/mol. The summed E-state index contributed by atoms with van der Waals surface area (Å²) in [6.45, 7) is 7.85. The molecule has 4 heteroatoms. The van der Waals surface area contributed by atoms with Crippen molar-refractivity contribution < 1.29 is 19.1 Å². The number of allylic oxidation sites excluding steroid dienone is 1. The van der Waals surface area contributed by atoms with E-state index in [0.29, 0.717) is 31.5 Å². The van der Waals surface area contributed by atoms with Gasteiger partial charge in [0.05, 0.1) is 13.2 Å². The van der Waals surface area contributed by atoms with Crippen LogP contribution in [0.4, 0.5) is 0 Å². The number of rotatable bonds is 27. The fourth-order valence-corrected chi connectivity index (χ4v) is 8.74. The molecule has 4 nitrogen and oxygen atoms in total. The molecule has 43 heavy (non-hydrogen) atoms. The van der Waals surface area contributed by atoms with E-state index in [2.05, 4.69) is 13.5 Å². The summed E-state index contributed by atoms with van der Waals surface area (Å²) in [6, 6.07) is 0. The number of esters is 2. The first-order valence-electron chi connectivity index (χ1n) is 19.0. The standard InChI is InChI=1S/C39H68O4/c1-3-4-5-6-9-15-20-25-42-37(40)23-18-14-10-12-17-22-33(2)21-16-11-7-8-13-19-24-38(41)43-32-39-29-34-26-35(30-39)28-36(27-34)31-39/h34-36H,2-32H2,1H3. The van der Waals surface area contributed by atoms with Crippen molar-refractivity contribution in [2.45, 2.75) is 187 Å². The van der Waals surface area contributed by atoms with Crippen molar-refractivity contribution in [1.29, 1.82) is 0 Å². The SMILES string of the molecule is C=C(CCCCCCCCC(=O)OCC12CC3CC(CC(C3)C1)C2)CCCCCCCC(=O)OCCCCCCCCC. The van der Waals surface area contributed by atoms with Gasteiger partial charge in [0, 0.05) is 18.3 Å². The molecule has 4 fully saturated rings. The van der Waals surface area contributed by atoms with Gasteiger partial charge in [-0.1, -0.05) is 103 Å². The zero-order valence-electron chi connectivity index (χ0n) is 28.3. The summed E-state index contributed by atoms with van der Waals surface area (Å²) in [5.74, 6) is 2.80. The van der Waals surface area contributed by atoms with Crippen molar-refractivity contribution in [1.82, 2.24) is 0 Å². The summed E-state index contributed by atoms with van der Waals surface area (Å²) >= 11 is 0. The second kappa shape index (κ2) is 21.4. The van der Waals surface area contributed by atoms with Crippen LogP contribution >= 0.6 is 0 Å². The smallest absolute Gasteiger partial charge is 0.305 e. The summed E-state index contributed by atoms with van der Waals surface area (Å²) in [7, 11) is 0. The Labute approximate surface area is 265 Å². The third kappa shape index (κ3) is 15.5. The quantitative estimate of drug-likeness (QED) is 0.0534. The van der Waals surface area contributed by atoms with Crippen molar-refractivity contribution in [3.63, 3.8) is 0 Å². The fraction of sp³-hybridized carbons (Fsp3) is 0.897. The van der Waals surface area contributed by atoms with Gasteiger partial charge in [0.1, 0.15) is 0 Å². The van der Waals surface area contributed by atoms with E-state index >= 15 is 0 Å². The Kier molecular flexibility index (Phi) is 18.0. The molecular weight excluding hydrogens is 532 g/mol. The van der Waals surface area contributed by atoms with Crippen LogP contribution < -0.4 is 0 Å². The molecule has 0 amide bonds. The molecule has 248 valence electrons. The van der Waals surface area contributed by atoms with E-state index in [1.807, 2.05) is 0 Å². The van der Waals surface area contributed by atoms with Gasteiger partial charge >= 0.3 is 11.9 Å². The van der Waals surface area contributed by atoms with Gasteiger partial charge in [-0.3, -0.25) is 9.59 Å². The monoisotopic (exact) mass is 601 g/mol. The lowest BCUT2D eigenvalue weighted by molar-refractivity contribution is -0.155. The van der Waals surface area contributed by atoms with Crippen molar-refractivity contribution in [3.05, 3.63) is 12.2 Å². The van der Waals surface area contributed by atoms with Crippen LogP contribution in [0.1, 0.15) is 187 Å². The zero-order chi connectivity index (χ0) is 30.6. The number of hydrogen-bond donors (Lipinski definition) is 0. The maximum Gasteiger partial charge on any atom is 0.305 e. The Hall–Kier alpha value is -1.32. The summed E-state index contributed by atoms with van der Waals surface area (Å²) in [5, 5.41) is 0. The van der Waals surface area contributed by atoms with Crippen molar-refractivity contribution in [2.24, 2.45) is 23.2 Å². The van der Waals surface area contributed by atoms with E-state index in [0.717, 1.165) is 62.7 Å². The maximum absolute atomic E-state index is 12.4. The van der Waals surface area contributed by atoms with E-state index in [1.54, 1.807) is 0 Å². The number of carbonyl (C=O) groups excluding carboxylic acids is 2. The minimum absolute atomic E-state index is 0.00992. The van der Waals surface area contributed by atoms with Gasteiger partial charge in [-0.2, -0.15) is 0 Å². The van der Waals surface area contributed by atoms with Gasteiger partial charge in [-0.15, -0.1) is 0 Å². The van der Waals surface area contributed by atoms with Crippen LogP contribution in [0.15, 0.2) is 12.2 Å². The number of carbonyl (C=O) groups is 2. The van der Waals surface area contributed by atoms with E-state index in [1.165, 1.54) is 128 Å². The van der Waals surface area contributed by atoms with Crippen LogP contribution in [-0.2, 0) is 19.1 Å². The van der Waals surface area contributed by atoms with E-state index in [4.69, 9.17) is 9.47 Å². The molecule has 0 spiro atoms. The van der Waals surface area contributed by atoms with Gasteiger partial charge in [-0.05, 0) is 101 Å². The molecule has 0 aromatic heterocycles. The highest BCUT2D eigenvalue weighted by Gasteiger charge is 2.51. The summed E-state index contributed by atoms with van der Waals surface area (Å²) in [6.07, 6.45) is 33.4. The lowest BCUT2D eigenvalue weighted by Crippen LogP contribution is -2.48. The molecule has 4 rings (SSSR count). The molecule has 0 aliphatic heterocycles. The third-order valence-electron chi connectivity index (χ3n) is 10.8. The molecule has 0 radical (unpaired) electrons. The average Bonchev–Trinajstić information content (AvgIpc) is 2.97. The number of hydrogen-bond acceptors (Lipinski definition) is 4. The Bertz CT molecular complexity index is 751. The van der Waals surface area contributed by atoms with Crippen molar-refractivity contribution in [3.8, 4) is 0 Å². The van der Waals surface area contributed by atoms with E-state index < -0.39 is 0 Å². The van der Waals surface area contributed by atoms with Gasteiger partial charge in [0.25, 0.3) is 0 Å². The van der Waals surface area contributed by atoms with Gasteiger partial charge < -0.3 is 9.47 Å². The largest absolute Gasteiger partial charge is 0.466 e.